The molecule has 0 saturated heterocycles. The molecule has 0 spiro atoms. The van der Waals surface area contributed by atoms with Gasteiger partial charge in [0.2, 0.25) is 0 Å². The maximum absolute atomic E-state index is 12.7. The summed E-state index contributed by atoms with van der Waals surface area (Å²) in [7, 11) is 0. The number of anilines is 1. The number of para-hydroxylation sites is 1. The van der Waals surface area contributed by atoms with E-state index < -0.39 is 23.3 Å². The van der Waals surface area contributed by atoms with Crippen LogP contribution in [0.5, 0.6) is 0 Å². The molecule has 0 unspecified atom stereocenters. The average Bonchev–Trinajstić information content (AvgIpc) is 2.80. The first-order valence-corrected chi connectivity index (χ1v) is 7.43. The first kappa shape index (κ1) is 15.8. The van der Waals surface area contributed by atoms with E-state index in [1.165, 1.54) is 17.4 Å². The minimum atomic E-state index is -4.58. The van der Waals surface area contributed by atoms with Crippen molar-refractivity contribution in [1.29, 1.82) is 0 Å². The summed E-state index contributed by atoms with van der Waals surface area (Å²) in [4.78, 5) is 12.8. The fraction of sp³-hybridized carbons (Fsp3) is 0.154. The number of alkyl halides is 3. The number of hydrogen-bond donors (Lipinski definition) is 2. The average molecular weight is 379 g/mol. The van der Waals surface area contributed by atoms with Crippen LogP contribution in [-0.4, -0.2) is 5.91 Å². The van der Waals surface area contributed by atoms with Crippen LogP contribution in [0, 0.1) is 0 Å². The van der Waals surface area contributed by atoms with E-state index in [1.54, 1.807) is 0 Å². The Morgan fingerprint density at radius 3 is 2.67 bits per heavy atom. The van der Waals surface area contributed by atoms with Crippen molar-refractivity contribution in [3.05, 3.63) is 50.1 Å². The highest BCUT2D eigenvalue weighted by molar-refractivity contribution is 9.10. The molecular formula is C13H10BrF3N2OS. The zero-order valence-corrected chi connectivity index (χ0v) is 12.9. The largest absolute Gasteiger partial charge is 0.418 e. The monoisotopic (exact) mass is 378 g/mol. The maximum atomic E-state index is 12.7. The molecule has 2 rings (SSSR count). The lowest BCUT2D eigenvalue weighted by Crippen LogP contribution is -2.24. The smallest absolute Gasteiger partial charge is 0.398 e. The van der Waals surface area contributed by atoms with Gasteiger partial charge in [0.05, 0.1) is 23.4 Å². The summed E-state index contributed by atoms with van der Waals surface area (Å²) < 4.78 is 39.1. The van der Waals surface area contributed by atoms with Gasteiger partial charge in [0, 0.05) is 14.7 Å². The summed E-state index contributed by atoms with van der Waals surface area (Å²) >= 11 is 4.71. The molecule has 1 aromatic carbocycles. The van der Waals surface area contributed by atoms with Gasteiger partial charge in [0.1, 0.15) is 0 Å². The molecule has 2 aromatic rings. The van der Waals surface area contributed by atoms with Crippen molar-refractivity contribution in [1.82, 2.24) is 5.32 Å². The third kappa shape index (κ3) is 3.76. The van der Waals surface area contributed by atoms with E-state index >= 15 is 0 Å². The van der Waals surface area contributed by atoms with E-state index in [9.17, 15) is 18.0 Å². The van der Waals surface area contributed by atoms with Gasteiger partial charge >= 0.3 is 6.18 Å². The Bertz CT molecular complexity index is 670. The van der Waals surface area contributed by atoms with Crippen molar-refractivity contribution in [3.8, 4) is 0 Å². The van der Waals surface area contributed by atoms with Crippen LogP contribution in [0.25, 0.3) is 0 Å². The van der Waals surface area contributed by atoms with Crippen LogP contribution in [0.3, 0.4) is 0 Å². The number of nitrogens with two attached hydrogens (primary N) is 1. The summed E-state index contributed by atoms with van der Waals surface area (Å²) in [6.45, 7) is 0.227. The van der Waals surface area contributed by atoms with Crippen LogP contribution in [0.4, 0.5) is 18.9 Å². The third-order valence-electron chi connectivity index (χ3n) is 2.70. The molecule has 1 amide bonds. The Morgan fingerprint density at radius 1 is 1.38 bits per heavy atom. The second-order valence-corrected chi connectivity index (χ2v) is 6.09. The van der Waals surface area contributed by atoms with Gasteiger partial charge in [-0.05, 0) is 34.1 Å². The number of carbonyl (C=O) groups excluding carboxylic acids is 1. The molecule has 0 radical (unpaired) electrons. The lowest BCUT2D eigenvalue weighted by molar-refractivity contribution is -0.136. The first-order valence-electron chi connectivity index (χ1n) is 5.76. The number of benzene rings is 1. The highest BCUT2D eigenvalue weighted by Crippen LogP contribution is 2.34. The van der Waals surface area contributed by atoms with Gasteiger partial charge in [-0.25, -0.2) is 0 Å². The number of thiophene rings is 1. The van der Waals surface area contributed by atoms with Gasteiger partial charge in [0.25, 0.3) is 5.91 Å². The van der Waals surface area contributed by atoms with Crippen molar-refractivity contribution in [2.75, 3.05) is 5.73 Å². The molecule has 0 bridgehead atoms. The van der Waals surface area contributed by atoms with Crippen molar-refractivity contribution in [2.24, 2.45) is 0 Å². The van der Waals surface area contributed by atoms with Crippen LogP contribution >= 0.6 is 27.3 Å². The van der Waals surface area contributed by atoms with E-state index in [1.807, 2.05) is 11.4 Å². The predicted octanol–water partition coefficient (Wildman–Crippen LogP) is 4.04. The topological polar surface area (TPSA) is 55.1 Å². The van der Waals surface area contributed by atoms with E-state index in [2.05, 4.69) is 21.2 Å². The molecule has 0 fully saturated rings. The molecule has 112 valence electrons. The molecule has 0 atom stereocenters. The number of amides is 1. The van der Waals surface area contributed by atoms with Gasteiger partial charge in [-0.15, -0.1) is 11.3 Å². The molecule has 1 heterocycles. The lowest BCUT2D eigenvalue weighted by atomic mass is 10.1. The Hall–Kier alpha value is -1.54. The summed E-state index contributed by atoms with van der Waals surface area (Å²) in [5, 5.41) is 4.40. The second-order valence-electron chi connectivity index (χ2n) is 4.18. The van der Waals surface area contributed by atoms with E-state index in [-0.39, 0.29) is 12.1 Å². The van der Waals surface area contributed by atoms with Gasteiger partial charge in [-0.1, -0.05) is 6.07 Å². The molecule has 21 heavy (non-hydrogen) atoms. The van der Waals surface area contributed by atoms with Gasteiger partial charge in [-0.3, -0.25) is 4.79 Å². The minimum absolute atomic E-state index is 0.180. The number of nitrogens with one attached hydrogen (secondary N) is 1. The third-order valence-corrected chi connectivity index (χ3v) is 4.40. The molecule has 3 N–H and O–H groups in total. The zero-order valence-electron chi connectivity index (χ0n) is 10.5. The normalized spacial score (nSPS) is 11.4. The number of rotatable bonds is 3. The Kier molecular flexibility index (Phi) is 4.58. The number of carbonyl (C=O) groups is 1. The van der Waals surface area contributed by atoms with Crippen molar-refractivity contribution in [2.45, 2.75) is 12.7 Å². The molecule has 0 saturated carbocycles. The summed E-state index contributed by atoms with van der Waals surface area (Å²) in [6, 6.07) is 5.10. The van der Waals surface area contributed by atoms with Crippen LogP contribution < -0.4 is 11.1 Å². The summed E-state index contributed by atoms with van der Waals surface area (Å²) in [5.74, 6) is -0.636. The van der Waals surface area contributed by atoms with Gasteiger partial charge < -0.3 is 11.1 Å². The van der Waals surface area contributed by atoms with Crippen molar-refractivity contribution < 1.29 is 18.0 Å². The summed E-state index contributed by atoms with van der Waals surface area (Å²) in [5.41, 5.74) is 3.71. The van der Waals surface area contributed by atoms with Crippen LogP contribution in [-0.2, 0) is 12.7 Å². The van der Waals surface area contributed by atoms with Gasteiger partial charge in [-0.2, -0.15) is 13.2 Å². The zero-order chi connectivity index (χ0) is 15.6. The highest BCUT2D eigenvalue weighted by Gasteiger charge is 2.34. The summed E-state index contributed by atoms with van der Waals surface area (Å²) in [6.07, 6.45) is -4.58. The van der Waals surface area contributed by atoms with E-state index in [4.69, 9.17) is 5.73 Å². The molecule has 1 aromatic heterocycles. The lowest BCUT2D eigenvalue weighted by Gasteiger charge is -2.13. The molecule has 0 aliphatic carbocycles. The fourth-order valence-corrected chi connectivity index (χ4v) is 3.11. The number of halogens is 4. The van der Waals surface area contributed by atoms with E-state index in [0.29, 0.717) is 0 Å². The standard InChI is InChI=1S/C13H10BrF3N2OS/c14-7-4-8(21-6-7)5-19-12(20)9-2-1-3-10(11(9)18)13(15,16)17/h1-4,6H,5,18H2,(H,19,20). The molecule has 8 heteroatoms. The van der Waals surface area contributed by atoms with Crippen molar-refractivity contribution >= 4 is 38.9 Å². The predicted molar refractivity (Wildman–Crippen MR) is 79.0 cm³/mol. The molecule has 0 aliphatic rings. The Morgan fingerprint density at radius 2 is 2.10 bits per heavy atom. The van der Waals surface area contributed by atoms with Gasteiger partial charge in [0.15, 0.2) is 0 Å². The van der Waals surface area contributed by atoms with Crippen LogP contribution in [0.15, 0.2) is 34.1 Å². The quantitative estimate of drug-likeness (QED) is 0.791. The highest BCUT2D eigenvalue weighted by atomic mass is 79.9. The molecular weight excluding hydrogens is 369 g/mol. The first-order chi connectivity index (χ1) is 9.79. The van der Waals surface area contributed by atoms with Crippen molar-refractivity contribution in [3.63, 3.8) is 0 Å². The Balaban J connectivity index is 2.16. The van der Waals surface area contributed by atoms with Crippen LogP contribution in [0.1, 0.15) is 20.8 Å². The number of hydrogen-bond acceptors (Lipinski definition) is 3. The fourth-order valence-electron chi connectivity index (χ4n) is 1.72. The minimum Gasteiger partial charge on any atom is -0.398 e. The second kappa shape index (κ2) is 6.07. The molecule has 3 nitrogen and oxygen atoms in total. The SMILES string of the molecule is Nc1c(C(=O)NCc2cc(Br)cs2)cccc1C(F)(F)F. The van der Waals surface area contributed by atoms with E-state index in [0.717, 1.165) is 21.5 Å². The number of nitrogen functional groups attached to an aromatic ring is 1. The maximum Gasteiger partial charge on any atom is 0.418 e. The Labute approximate surface area is 131 Å². The molecule has 0 aliphatic heterocycles. The van der Waals surface area contributed by atoms with Crippen LogP contribution in [0.2, 0.25) is 0 Å².